The summed E-state index contributed by atoms with van der Waals surface area (Å²) in [5, 5.41) is 9.16. The molecule has 2 heteroatoms. The lowest BCUT2D eigenvalue weighted by atomic mass is 10.1. The summed E-state index contributed by atoms with van der Waals surface area (Å²) in [6.07, 6.45) is 2.35. The normalized spacial score (nSPS) is 34.0. The summed E-state index contributed by atoms with van der Waals surface area (Å²) in [6.45, 7) is 8.22. The Labute approximate surface area is 75.6 Å². The molecule has 1 unspecified atom stereocenters. The van der Waals surface area contributed by atoms with E-state index in [9.17, 15) is 0 Å². The van der Waals surface area contributed by atoms with Gasteiger partial charge in [-0.3, -0.25) is 4.90 Å². The molecule has 0 radical (unpaired) electrons. The predicted molar refractivity (Wildman–Crippen MR) is 51.1 cm³/mol. The van der Waals surface area contributed by atoms with Crippen molar-refractivity contribution in [2.24, 2.45) is 5.92 Å². The Hall–Kier alpha value is -0.0800. The fourth-order valence-corrected chi connectivity index (χ4v) is 2.14. The van der Waals surface area contributed by atoms with Crippen molar-refractivity contribution in [3.8, 4) is 0 Å². The van der Waals surface area contributed by atoms with E-state index in [0.29, 0.717) is 18.7 Å². The zero-order valence-electron chi connectivity index (χ0n) is 8.45. The fourth-order valence-electron chi connectivity index (χ4n) is 2.14. The summed E-state index contributed by atoms with van der Waals surface area (Å²) in [4.78, 5) is 2.45. The largest absolute Gasteiger partial charge is 0.395 e. The first-order valence-corrected chi connectivity index (χ1v) is 5.05. The van der Waals surface area contributed by atoms with Crippen molar-refractivity contribution in [1.29, 1.82) is 0 Å². The third-order valence-corrected chi connectivity index (χ3v) is 3.03. The quantitative estimate of drug-likeness (QED) is 0.695. The first-order valence-electron chi connectivity index (χ1n) is 5.05. The predicted octanol–water partition coefficient (Wildman–Crippen LogP) is 1.49. The molecule has 2 nitrogen and oxygen atoms in total. The molecule has 12 heavy (non-hydrogen) atoms. The van der Waals surface area contributed by atoms with E-state index in [1.165, 1.54) is 19.4 Å². The van der Waals surface area contributed by atoms with E-state index in [0.717, 1.165) is 5.92 Å². The van der Waals surface area contributed by atoms with Crippen molar-refractivity contribution in [2.45, 2.75) is 45.7 Å². The van der Waals surface area contributed by atoms with Crippen molar-refractivity contribution in [3.63, 3.8) is 0 Å². The van der Waals surface area contributed by atoms with Crippen LogP contribution in [0.5, 0.6) is 0 Å². The van der Waals surface area contributed by atoms with Crippen LogP contribution in [0, 0.1) is 5.92 Å². The van der Waals surface area contributed by atoms with Crippen molar-refractivity contribution < 1.29 is 5.11 Å². The Balaban J connectivity index is 2.51. The summed E-state index contributed by atoms with van der Waals surface area (Å²) < 4.78 is 0. The highest BCUT2D eigenvalue weighted by Gasteiger charge is 2.31. The van der Waals surface area contributed by atoms with Crippen molar-refractivity contribution >= 4 is 0 Å². The van der Waals surface area contributed by atoms with Crippen LogP contribution in [-0.4, -0.2) is 35.2 Å². The van der Waals surface area contributed by atoms with Gasteiger partial charge in [0, 0.05) is 18.6 Å². The lowest BCUT2D eigenvalue weighted by Gasteiger charge is -2.28. The summed E-state index contributed by atoms with van der Waals surface area (Å²) >= 11 is 0. The van der Waals surface area contributed by atoms with E-state index in [1.807, 2.05) is 0 Å². The third-order valence-electron chi connectivity index (χ3n) is 3.03. The second-order valence-corrected chi connectivity index (χ2v) is 4.13. The van der Waals surface area contributed by atoms with Gasteiger partial charge in [-0.2, -0.15) is 0 Å². The van der Waals surface area contributed by atoms with Crippen LogP contribution >= 0.6 is 0 Å². The van der Waals surface area contributed by atoms with Crippen LogP contribution in [0.2, 0.25) is 0 Å². The molecule has 1 fully saturated rings. The summed E-state index contributed by atoms with van der Waals surface area (Å²) in [7, 11) is 0. The third kappa shape index (κ3) is 1.99. The number of aliphatic hydroxyl groups excluding tert-OH is 1. The van der Waals surface area contributed by atoms with Crippen molar-refractivity contribution in [2.75, 3.05) is 13.2 Å². The van der Waals surface area contributed by atoms with Gasteiger partial charge in [-0.25, -0.2) is 0 Å². The molecule has 1 heterocycles. The topological polar surface area (TPSA) is 23.5 Å². The minimum Gasteiger partial charge on any atom is -0.395 e. The second-order valence-electron chi connectivity index (χ2n) is 4.13. The molecule has 0 aromatic heterocycles. The number of nitrogens with zero attached hydrogens (tertiary/aromatic N) is 1. The molecule has 0 amide bonds. The van der Waals surface area contributed by atoms with E-state index in [1.54, 1.807) is 0 Å². The van der Waals surface area contributed by atoms with Gasteiger partial charge in [0.15, 0.2) is 0 Å². The van der Waals surface area contributed by atoms with Crippen LogP contribution in [0.15, 0.2) is 0 Å². The van der Waals surface area contributed by atoms with Gasteiger partial charge in [0.05, 0.1) is 6.61 Å². The van der Waals surface area contributed by atoms with Crippen LogP contribution in [0.3, 0.4) is 0 Å². The number of hydrogen-bond donors (Lipinski definition) is 1. The summed E-state index contributed by atoms with van der Waals surface area (Å²) in [5.41, 5.74) is 0. The average Bonchev–Trinajstić information content (AvgIpc) is 2.45. The van der Waals surface area contributed by atoms with Gasteiger partial charge in [0.2, 0.25) is 0 Å². The Morgan fingerprint density at radius 3 is 2.75 bits per heavy atom. The second kappa shape index (κ2) is 4.24. The maximum atomic E-state index is 9.16. The van der Waals surface area contributed by atoms with E-state index < -0.39 is 0 Å². The highest BCUT2D eigenvalue weighted by molar-refractivity contribution is 4.85. The maximum Gasteiger partial charge on any atom is 0.0587 e. The van der Waals surface area contributed by atoms with Gasteiger partial charge >= 0.3 is 0 Å². The lowest BCUT2D eigenvalue weighted by Crippen LogP contribution is -2.38. The molecular weight excluding hydrogens is 150 g/mol. The SMILES string of the molecule is CCC(C)N1C[C@@H](C)C[C@@H]1CO. The Bertz CT molecular complexity index is 138. The Morgan fingerprint density at radius 1 is 1.58 bits per heavy atom. The van der Waals surface area contributed by atoms with Gasteiger partial charge in [-0.05, 0) is 25.7 Å². The van der Waals surface area contributed by atoms with Crippen LogP contribution in [0.1, 0.15) is 33.6 Å². The zero-order chi connectivity index (χ0) is 9.14. The number of aliphatic hydroxyl groups is 1. The molecule has 0 bridgehead atoms. The molecule has 3 atom stereocenters. The van der Waals surface area contributed by atoms with Crippen molar-refractivity contribution in [1.82, 2.24) is 4.90 Å². The lowest BCUT2D eigenvalue weighted by molar-refractivity contribution is 0.123. The fraction of sp³-hybridized carbons (Fsp3) is 1.00. The van der Waals surface area contributed by atoms with Crippen LogP contribution in [0.4, 0.5) is 0 Å². The molecule has 1 aliphatic heterocycles. The molecule has 1 rings (SSSR count). The Morgan fingerprint density at radius 2 is 2.25 bits per heavy atom. The van der Waals surface area contributed by atoms with Crippen LogP contribution in [-0.2, 0) is 0 Å². The van der Waals surface area contributed by atoms with Gasteiger partial charge in [0.25, 0.3) is 0 Å². The zero-order valence-corrected chi connectivity index (χ0v) is 8.45. The van der Waals surface area contributed by atoms with Crippen LogP contribution < -0.4 is 0 Å². The van der Waals surface area contributed by atoms with Gasteiger partial charge < -0.3 is 5.11 Å². The minimum absolute atomic E-state index is 0.328. The van der Waals surface area contributed by atoms with Gasteiger partial charge in [-0.1, -0.05) is 13.8 Å². The Kier molecular flexibility index (Phi) is 3.53. The first kappa shape index (κ1) is 10.0. The molecule has 0 saturated carbocycles. The molecule has 72 valence electrons. The molecule has 0 aromatic rings. The minimum atomic E-state index is 0.328. The number of rotatable bonds is 3. The average molecular weight is 171 g/mol. The molecule has 1 N–H and O–H groups in total. The number of likely N-dealkylation sites (tertiary alicyclic amines) is 1. The smallest absolute Gasteiger partial charge is 0.0587 e. The first-order chi connectivity index (χ1) is 5.69. The maximum absolute atomic E-state index is 9.16. The van der Waals surface area contributed by atoms with Crippen molar-refractivity contribution in [3.05, 3.63) is 0 Å². The highest BCUT2D eigenvalue weighted by atomic mass is 16.3. The molecule has 0 aliphatic carbocycles. The van der Waals surface area contributed by atoms with E-state index in [-0.39, 0.29) is 0 Å². The molecule has 0 spiro atoms. The molecule has 1 saturated heterocycles. The summed E-state index contributed by atoms with van der Waals surface area (Å²) in [6, 6.07) is 1.06. The van der Waals surface area contributed by atoms with Crippen LogP contribution in [0.25, 0.3) is 0 Å². The molecule has 1 aliphatic rings. The van der Waals surface area contributed by atoms with Gasteiger partial charge in [0.1, 0.15) is 0 Å². The van der Waals surface area contributed by atoms with E-state index in [2.05, 4.69) is 25.7 Å². The van der Waals surface area contributed by atoms with E-state index >= 15 is 0 Å². The molecular formula is C10H21NO. The monoisotopic (exact) mass is 171 g/mol. The highest BCUT2D eigenvalue weighted by Crippen LogP contribution is 2.25. The number of hydrogen-bond acceptors (Lipinski definition) is 2. The van der Waals surface area contributed by atoms with Gasteiger partial charge in [-0.15, -0.1) is 0 Å². The van der Waals surface area contributed by atoms with E-state index in [4.69, 9.17) is 5.11 Å². The molecule has 0 aromatic carbocycles. The standard InChI is InChI=1S/C10H21NO/c1-4-9(3)11-6-8(2)5-10(11)7-12/h8-10,12H,4-7H2,1-3H3/t8-,9?,10+/m0/s1. The summed E-state index contributed by atoms with van der Waals surface area (Å²) in [5.74, 6) is 0.760.